The van der Waals surface area contributed by atoms with Crippen LogP contribution < -0.4 is 5.32 Å². The van der Waals surface area contributed by atoms with Crippen LogP contribution in [0.5, 0.6) is 0 Å². The molecule has 0 saturated carbocycles. The number of hydrogen-bond acceptors (Lipinski definition) is 8. The second-order valence-corrected chi connectivity index (χ2v) is 14.6. The number of carbonyl (C=O) groups is 3. The zero-order chi connectivity index (χ0) is 39.0. The van der Waals surface area contributed by atoms with E-state index in [9.17, 15) is 19.5 Å². The first kappa shape index (κ1) is 38.6. The van der Waals surface area contributed by atoms with Crippen molar-refractivity contribution in [1.29, 1.82) is 0 Å². The molecule has 10 nitrogen and oxygen atoms in total. The summed E-state index contributed by atoms with van der Waals surface area (Å²) in [6, 6.07) is 42.3. The van der Waals surface area contributed by atoms with Crippen LogP contribution in [-0.2, 0) is 50.1 Å². The van der Waals surface area contributed by atoms with Gasteiger partial charge in [0, 0.05) is 24.6 Å². The Morgan fingerprint density at radius 2 is 1.45 bits per heavy atom. The average Bonchev–Trinajstić information content (AvgIpc) is 3.48. The maximum Gasteiger partial charge on any atom is 0.408 e. The van der Waals surface area contributed by atoms with E-state index in [1.54, 1.807) is 0 Å². The fourth-order valence-electron chi connectivity index (χ4n) is 7.36. The summed E-state index contributed by atoms with van der Waals surface area (Å²) < 4.78 is 18.8. The molecule has 0 spiro atoms. The third-order valence-corrected chi connectivity index (χ3v) is 10.4. The van der Waals surface area contributed by atoms with Crippen LogP contribution in [0, 0.1) is 5.92 Å². The minimum Gasteiger partial charge on any atom is -0.445 e. The van der Waals surface area contributed by atoms with Gasteiger partial charge in [0.05, 0.1) is 31.8 Å². The highest BCUT2D eigenvalue weighted by Gasteiger charge is 2.40. The summed E-state index contributed by atoms with van der Waals surface area (Å²) in [6.07, 6.45) is -1.91. The number of aliphatic hydroxyl groups excluding tert-OH is 1. The third-order valence-electron chi connectivity index (χ3n) is 10.4. The highest BCUT2D eigenvalue weighted by atomic mass is 16.7. The molecule has 5 aromatic rings. The fraction of sp³-hybridized carbons (Fsp3) is 0.283. The van der Waals surface area contributed by atoms with Gasteiger partial charge in [-0.3, -0.25) is 19.4 Å². The molecule has 0 bridgehead atoms. The Balaban J connectivity index is 1.05. The molecule has 0 aromatic heterocycles. The summed E-state index contributed by atoms with van der Waals surface area (Å²) in [5.41, 5.74) is 7.38. The van der Waals surface area contributed by atoms with Gasteiger partial charge in [0.15, 0.2) is 6.29 Å². The molecular weight excluding hydrogens is 707 g/mol. The van der Waals surface area contributed by atoms with Crippen molar-refractivity contribution in [3.05, 3.63) is 167 Å². The van der Waals surface area contributed by atoms with Crippen LogP contribution in [0.4, 0.5) is 4.79 Å². The fourth-order valence-corrected chi connectivity index (χ4v) is 7.36. The van der Waals surface area contributed by atoms with E-state index in [0.29, 0.717) is 6.54 Å². The Kier molecular flexibility index (Phi) is 12.3. The zero-order valence-corrected chi connectivity index (χ0v) is 31.6. The van der Waals surface area contributed by atoms with Gasteiger partial charge < -0.3 is 24.6 Å². The third kappa shape index (κ3) is 9.41. The zero-order valence-electron chi connectivity index (χ0n) is 31.6. The number of likely N-dealkylation sites (N-methyl/N-ethyl adjacent to an activating group) is 1. The van der Waals surface area contributed by atoms with Crippen molar-refractivity contribution in [2.75, 3.05) is 13.6 Å². The number of aliphatic hydroxyl groups is 1. The molecule has 2 aliphatic heterocycles. The van der Waals surface area contributed by atoms with Crippen molar-refractivity contribution in [3.8, 4) is 11.1 Å². The number of amides is 3. The van der Waals surface area contributed by atoms with E-state index in [1.165, 1.54) is 10.5 Å². The van der Waals surface area contributed by atoms with E-state index < -0.39 is 24.3 Å². The monoisotopic (exact) mass is 753 g/mol. The average molecular weight is 754 g/mol. The summed E-state index contributed by atoms with van der Waals surface area (Å²) >= 11 is 0. The Labute approximate surface area is 327 Å². The van der Waals surface area contributed by atoms with Gasteiger partial charge in [-0.25, -0.2) is 4.79 Å². The summed E-state index contributed by atoms with van der Waals surface area (Å²) in [6.45, 7) is 3.75. The van der Waals surface area contributed by atoms with E-state index >= 15 is 0 Å². The van der Waals surface area contributed by atoms with Gasteiger partial charge in [0.1, 0.15) is 12.6 Å². The predicted octanol–water partition coefficient (Wildman–Crippen LogP) is 7.32. The SMILES string of the molecule is CC1C(CN(C)Cc2ccccc2)OC(c2cccc(-c3cccc(CN4C(=O)CC(NC(=O)OCc5ccccc5)C4=O)c3)c2)OC1c1ccc(CO)cc1. The van der Waals surface area contributed by atoms with Crippen molar-refractivity contribution in [2.45, 2.75) is 64.2 Å². The van der Waals surface area contributed by atoms with E-state index in [4.69, 9.17) is 14.2 Å². The van der Waals surface area contributed by atoms with Crippen LogP contribution in [0.1, 0.15) is 59.1 Å². The molecule has 2 fully saturated rings. The summed E-state index contributed by atoms with van der Waals surface area (Å²) in [5.74, 6) is -0.791. The molecule has 2 N–H and O–H groups in total. The summed E-state index contributed by atoms with van der Waals surface area (Å²) in [4.78, 5) is 42.2. The number of likely N-dealkylation sites (tertiary alicyclic amines) is 1. The molecule has 0 aliphatic carbocycles. The molecule has 0 radical (unpaired) electrons. The molecule has 10 heteroatoms. The number of nitrogens with one attached hydrogen (secondary N) is 1. The van der Waals surface area contributed by atoms with Gasteiger partial charge >= 0.3 is 6.09 Å². The lowest BCUT2D eigenvalue weighted by molar-refractivity contribution is -0.276. The second kappa shape index (κ2) is 17.9. The standard InChI is InChI=1S/C46H47N3O7/c1-31-41(28-48(2)26-32-11-5-3-6-12-32)55-45(56-43(31)36-21-19-33(29-50)20-22-36)39-18-10-17-38(24-39)37-16-9-15-35(23-37)27-49-42(51)25-40(44(49)52)47-46(53)54-30-34-13-7-4-8-14-34/h3-24,31,40-41,43,45,50H,25-30H2,1-2H3,(H,47,53). The minimum atomic E-state index is -0.984. The quantitative estimate of drug-likeness (QED) is 0.120. The molecule has 288 valence electrons. The van der Waals surface area contributed by atoms with Crippen LogP contribution in [0.25, 0.3) is 11.1 Å². The number of ether oxygens (including phenoxy) is 3. The number of carbonyl (C=O) groups excluding carboxylic acids is 3. The van der Waals surface area contributed by atoms with E-state index in [2.05, 4.69) is 54.5 Å². The van der Waals surface area contributed by atoms with Crippen molar-refractivity contribution >= 4 is 17.9 Å². The van der Waals surface area contributed by atoms with Crippen molar-refractivity contribution in [1.82, 2.24) is 15.1 Å². The van der Waals surface area contributed by atoms with Crippen LogP contribution in [0.2, 0.25) is 0 Å². The lowest BCUT2D eigenvalue weighted by atomic mass is 9.90. The van der Waals surface area contributed by atoms with Crippen LogP contribution in [0.3, 0.4) is 0 Å². The number of rotatable bonds is 13. The number of alkyl carbamates (subject to hydrolysis) is 1. The van der Waals surface area contributed by atoms with Crippen molar-refractivity contribution in [2.24, 2.45) is 5.92 Å². The Hall–Kier alpha value is -5.65. The summed E-state index contributed by atoms with van der Waals surface area (Å²) in [7, 11) is 2.10. The first-order valence-electron chi connectivity index (χ1n) is 19.0. The van der Waals surface area contributed by atoms with Gasteiger partial charge in [-0.15, -0.1) is 0 Å². The molecule has 56 heavy (non-hydrogen) atoms. The minimum absolute atomic E-state index is 0.0254. The van der Waals surface area contributed by atoms with Gasteiger partial charge in [0.2, 0.25) is 5.91 Å². The van der Waals surface area contributed by atoms with E-state index in [-0.39, 0.29) is 50.2 Å². The van der Waals surface area contributed by atoms with Crippen LogP contribution in [-0.4, -0.2) is 58.6 Å². The smallest absolute Gasteiger partial charge is 0.408 e. The highest BCUT2D eigenvalue weighted by molar-refractivity contribution is 6.06. The largest absolute Gasteiger partial charge is 0.445 e. The molecule has 2 saturated heterocycles. The highest BCUT2D eigenvalue weighted by Crippen LogP contribution is 2.42. The molecule has 2 heterocycles. The molecular formula is C46H47N3O7. The molecule has 7 rings (SSSR count). The predicted molar refractivity (Wildman–Crippen MR) is 211 cm³/mol. The van der Waals surface area contributed by atoms with Crippen LogP contribution in [0.15, 0.2) is 133 Å². The lowest BCUT2D eigenvalue weighted by Crippen LogP contribution is -2.43. The van der Waals surface area contributed by atoms with E-state index in [1.807, 2.05) is 103 Å². The maximum atomic E-state index is 13.3. The molecule has 5 unspecified atom stereocenters. The number of imide groups is 1. The van der Waals surface area contributed by atoms with Gasteiger partial charge in [-0.05, 0) is 58.1 Å². The topological polar surface area (TPSA) is 118 Å². The first-order chi connectivity index (χ1) is 27.2. The lowest BCUT2D eigenvalue weighted by Gasteiger charge is -2.42. The molecule has 2 aliphatic rings. The molecule has 5 aromatic carbocycles. The Bertz CT molecular complexity index is 2110. The van der Waals surface area contributed by atoms with Crippen molar-refractivity contribution in [3.63, 3.8) is 0 Å². The van der Waals surface area contributed by atoms with Gasteiger partial charge in [-0.1, -0.05) is 128 Å². The number of hydrogen-bond donors (Lipinski definition) is 2. The Morgan fingerprint density at radius 1 is 0.786 bits per heavy atom. The Morgan fingerprint density at radius 3 is 2.16 bits per heavy atom. The summed E-state index contributed by atoms with van der Waals surface area (Å²) in [5, 5.41) is 12.2. The van der Waals surface area contributed by atoms with Crippen molar-refractivity contribution < 1.29 is 33.7 Å². The number of benzene rings is 5. The maximum absolute atomic E-state index is 13.3. The number of nitrogens with zero attached hydrogens (tertiary/aromatic N) is 2. The first-order valence-corrected chi connectivity index (χ1v) is 19.0. The van der Waals surface area contributed by atoms with Gasteiger partial charge in [0.25, 0.3) is 5.91 Å². The molecule has 5 atom stereocenters. The van der Waals surface area contributed by atoms with Gasteiger partial charge in [-0.2, -0.15) is 0 Å². The second-order valence-electron chi connectivity index (χ2n) is 14.6. The van der Waals surface area contributed by atoms with Crippen LogP contribution >= 0.6 is 0 Å². The normalized spacial score (nSPS) is 21.0. The molecule has 3 amide bonds. The van der Waals surface area contributed by atoms with E-state index in [0.717, 1.165) is 45.5 Å².